The zero-order valence-corrected chi connectivity index (χ0v) is 28.6. The fraction of sp³-hybridized carbons (Fsp3) is 0.529. The van der Waals surface area contributed by atoms with Crippen LogP contribution in [-0.2, 0) is 30.3 Å². The molecule has 2 aromatic rings. The number of amides is 3. The topological polar surface area (TPSA) is 114 Å². The molecule has 0 heterocycles. The fourth-order valence-electron chi connectivity index (χ4n) is 4.53. The van der Waals surface area contributed by atoms with Gasteiger partial charge in [-0.05, 0) is 91.5 Å². The highest BCUT2D eigenvalue weighted by atomic mass is 32.1. The molecular formula is C34H49N3O6S. The SMILES string of the molecule is Cc1ccc(C(C(=O)NC(Cc2ccccc2)C(=O)OC(C)(C)C)N(C(=O)C(CS)NC(=O)OC(C)(C)C)C(C)C)cc1C. The highest BCUT2D eigenvalue weighted by molar-refractivity contribution is 7.80. The third-order valence-electron chi connectivity index (χ3n) is 6.65. The van der Waals surface area contributed by atoms with E-state index < -0.39 is 59.2 Å². The van der Waals surface area contributed by atoms with Crippen molar-refractivity contribution in [3.63, 3.8) is 0 Å². The Bertz CT molecular complexity index is 1300. The Labute approximate surface area is 267 Å². The summed E-state index contributed by atoms with van der Waals surface area (Å²) in [5.41, 5.74) is 1.79. The lowest BCUT2D eigenvalue weighted by Crippen LogP contribution is -2.57. The molecule has 3 amide bonds. The van der Waals surface area contributed by atoms with E-state index in [0.717, 1.165) is 16.7 Å². The number of alkyl carbamates (subject to hydrolysis) is 1. The van der Waals surface area contributed by atoms with Gasteiger partial charge in [-0.2, -0.15) is 12.6 Å². The normalized spacial score (nSPS) is 13.8. The molecule has 242 valence electrons. The van der Waals surface area contributed by atoms with Gasteiger partial charge in [-0.15, -0.1) is 0 Å². The molecule has 9 nitrogen and oxygen atoms in total. The lowest BCUT2D eigenvalue weighted by Gasteiger charge is -2.37. The Morgan fingerprint density at radius 3 is 1.91 bits per heavy atom. The molecule has 10 heteroatoms. The molecule has 0 spiro atoms. The third kappa shape index (κ3) is 11.2. The van der Waals surface area contributed by atoms with E-state index >= 15 is 0 Å². The van der Waals surface area contributed by atoms with Crippen LogP contribution in [0.4, 0.5) is 4.79 Å². The van der Waals surface area contributed by atoms with Gasteiger partial charge in [-0.3, -0.25) is 9.59 Å². The molecule has 44 heavy (non-hydrogen) atoms. The maximum atomic E-state index is 14.3. The zero-order valence-electron chi connectivity index (χ0n) is 27.7. The van der Waals surface area contributed by atoms with Gasteiger partial charge in [0.15, 0.2) is 0 Å². The van der Waals surface area contributed by atoms with Crippen LogP contribution in [0.3, 0.4) is 0 Å². The first kappa shape index (κ1) is 36.7. The lowest BCUT2D eigenvalue weighted by molar-refractivity contribution is -0.159. The van der Waals surface area contributed by atoms with Crippen LogP contribution in [0, 0.1) is 13.8 Å². The summed E-state index contributed by atoms with van der Waals surface area (Å²) in [5.74, 6) is -1.69. The lowest BCUT2D eigenvalue weighted by atomic mass is 9.96. The number of hydrogen-bond acceptors (Lipinski definition) is 7. The van der Waals surface area contributed by atoms with Crippen molar-refractivity contribution in [2.75, 3.05) is 5.75 Å². The Morgan fingerprint density at radius 1 is 0.818 bits per heavy atom. The molecule has 3 unspecified atom stereocenters. The first-order chi connectivity index (χ1) is 20.3. The van der Waals surface area contributed by atoms with E-state index in [1.54, 1.807) is 61.5 Å². The summed E-state index contributed by atoms with van der Waals surface area (Å²) in [5, 5.41) is 5.51. The van der Waals surface area contributed by atoms with Gasteiger partial charge in [-0.1, -0.05) is 48.5 Å². The summed E-state index contributed by atoms with van der Waals surface area (Å²) < 4.78 is 11.1. The van der Waals surface area contributed by atoms with Gasteiger partial charge in [0, 0.05) is 18.2 Å². The van der Waals surface area contributed by atoms with E-state index in [1.807, 2.05) is 56.3 Å². The van der Waals surface area contributed by atoms with E-state index in [4.69, 9.17) is 9.47 Å². The number of nitrogens with zero attached hydrogens (tertiary/aromatic N) is 1. The maximum absolute atomic E-state index is 14.3. The highest BCUT2D eigenvalue weighted by Gasteiger charge is 2.39. The van der Waals surface area contributed by atoms with Crippen LogP contribution >= 0.6 is 12.6 Å². The number of hydrogen-bond donors (Lipinski definition) is 3. The first-order valence-corrected chi connectivity index (χ1v) is 15.5. The largest absolute Gasteiger partial charge is 0.458 e. The number of nitrogens with one attached hydrogen (secondary N) is 2. The van der Waals surface area contributed by atoms with Crippen molar-refractivity contribution in [3.8, 4) is 0 Å². The van der Waals surface area contributed by atoms with Crippen LogP contribution in [-0.4, -0.2) is 63.9 Å². The number of benzene rings is 2. The first-order valence-electron chi connectivity index (χ1n) is 14.9. The fourth-order valence-corrected chi connectivity index (χ4v) is 4.78. The van der Waals surface area contributed by atoms with Crippen molar-refractivity contribution in [1.29, 1.82) is 0 Å². The van der Waals surface area contributed by atoms with Gasteiger partial charge in [0.25, 0.3) is 0 Å². The second-order valence-electron chi connectivity index (χ2n) is 13.3. The molecule has 0 saturated heterocycles. The van der Waals surface area contributed by atoms with Crippen LogP contribution in [0.2, 0.25) is 0 Å². The number of esters is 1. The molecule has 0 fully saturated rings. The summed E-state index contributed by atoms with van der Waals surface area (Å²) >= 11 is 4.34. The standard InChI is InChI=1S/C34H49N3O6S/c1-21(2)37(30(39)27(20-44)36-32(41)43-34(8,9)10)28(25-17-16-22(3)23(4)18-25)29(38)35-26(31(40)42-33(5,6)7)19-24-14-12-11-13-15-24/h11-18,21,26-28,44H,19-20H2,1-10H3,(H,35,38)(H,36,41). The molecule has 2 N–H and O–H groups in total. The number of ether oxygens (including phenoxy) is 2. The number of carbonyl (C=O) groups excluding carboxylic acids is 4. The number of rotatable bonds is 11. The molecule has 0 aliphatic rings. The monoisotopic (exact) mass is 627 g/mol. The smallest absolute Gasteiger partial charge is 0.408 e. The minimum Gasteiger partial charge on any atom is -0.458 e. The molecular weight excluding hydrogens is 578 g/mol. The summed E-state index contributed by atoms with van der Waals surface area (Å²) in [6.45, 7) is 17.9. The van der Waals surface area contributed by atoms with E-state index in [1.165, 1.54) is 4.90 Å². The molecule has 0 saturated carbocycles. The van der Waals surface area contributed by atoms with Crippen molar-refractivity contribution < 1.29 is 28.7 Å². The molecule has 0 aliphatic carbocycles. The molecule has 3 atom stereocenters. The van der Waals surface area contributed by atoms with Crippen molar-refractivity contribution in [1.82, 2.24) is 15.5 Å². The van der Waals surface area contributed by atoms with Crippen molar-refractivity contribution in [2.24, 2.45) is 0 Å². The van der Waals surface area contributed by atoms with Crippen molar-refractivity contribution in [2.45, 2.75) is 111 Å². The molecule has 0 bridgehead atoms. The summed E-state index contributed by atoms with van der Waals surface area (Å²) in [6.07, 6.45) is -0.579. The van der Waals surface area contributed by atoms with Crippen LogP contribution in [0.25, 0.3) is 0 Å². The van der Waals surface area contributed by atoms with Gasteiger partial charge < -0.3 is 25.0 Å². The summed E-state index contributed by atoms with van der Waals surface area (Å²) in [4.78, 5) is 55.9. The van der Waals surface area contributed by atoms with Crippen LogP contribution < -0.4 is 10.6 Å². The average molecular weight is 628 g/mol. The average Bonchev–Trinajstić information content (AvgIpc) is 2.89. The quantitative estimate of drug-likeness (QED) is 0.225. The molecule has 0 aromatic heterocycles. The van der Waals surface area contributed by atoms with Crippen molar-refractivity contribution >= 4 is 36.5 Å². The van der Waals surface area contributed by atoms with Crippen LogP contribution in [0.5, 0.6) is 0 Å². The van der Waals surface area contributed by atoms with Gasteiger partial charge in [0.2, 0.25) is 11.8 Å². The van der Waals surface area contributed by atoms with Crippen molar-refractivity contribution in [3.05, 3.63) is 70.8 Å². The summed E-state index contributed by atoms with van der Waals surface area (Å²) in [7, 11) is 0. The number of thiol groups is 1. The Kier molecular flexibility index (Phi) is 12.9. The molecule has 2 rings (SSSR count). The second-order valence-corrected chi connectivity index (χ2v) is 13.6. The predicted octanol–water partition coefficient (Wildman–Crippen LogP) is 5.47. The van der Waals surface area contributed by atoms with E-state index in [9.17, 15) is 19.2 Å². The van der Waals surface area contributed by atoms with Gasteiger partial charge in [0.05, 0.1) is 0 Å². The molecule has 0 radical (unpaired) electrons. The van der Waals surface area contributed by atoms with Gasteiger partial charge in [-0.25, -0.2) is 9.59 Å². The maximum Gasteiger partial charge on any atom is 0.408 e. The van der Waals surface area contributed by atoms with Gasteiger partial charge >= 0.3 is 12.1 Å². The minimum atomic E-state index is -1.13. The van der Waals surface area contributed by atoms with E-state index in [-0.39, 0.29) is 12.2 Å². The third-order valence-corrected chi connectivity index (χ3v) is 7.01. The van der Waals surface area contributed by atoms with E-state index in [2.05, 4.69) is 23.3 Å². The van der Waals surface area contributed by atoms with E-state index in [0.29, 0.717) is 5.56 Å². The minimum absolute atomic E-state index is 0.0307. The Balaban J connectivity index is 2.58. The number of aryl methyl sites for hydroxylation is 2. The molecule has 2 aromatic carbocycles. The predicted molar refractivity (Wildman–Crippen MR) is 176 cm³/mol. The van der Waals surface area contributed by atoms with Crippen LogP contribution in [0.1, 0.15) is 83.7 Å². The Morgan fingerprint density at radius 2 is 1.41 bits per heavy atom. The van der Waals surface area contributed by atoms with Gasteiger partial charge in [0.1, 0.15) is 29.3 Å². The second kappa shape index (κ2) is 15.5. The Hall–Kier alpha value is -3.53. The summed E-state index contributed by atoms with van der Waals surface area (Å²) in [6, 6.07) is 11.2. The molecule has 0 aliphatic heterocycles. The highest BCUT2D eigenvalue weighted by Crippen LogP contribution is 2.27. The van der Waals surface area contributed by atoms with Crippen LogP contribution in [0.15, 0.2) is 48.5 Å². The zero-order chi connectivity index (χ0) is 33.4. The number of carbonyl (C=O) groups is 4.